The third kappa shape index (κ3) is 6.40. The summed E-state index contributed by atoms with van der Waals surface area (Å²) in [6.45, 7) is 2.42. The molecule has 1 heterocycles. The van der Waals surface area contributed by atoms with Crippen LogP contribution in [-0.2, 0) is 19.8 Å². The third-order valence-corrected chi connectivity index (χ3v) is 4.86. The first-order chi connectivity index (χ1) is 16.2. The zero-order valence-electron chi connectivity index (χ0n) is 18.3. The summed E-state index contributed by atoms with van der Waals surface area (Å²) in [5.41, 5.74) is 3.22. The Hall–Kier alpha value is -4.19. The Morgan fingerprint density at radius 3 is 2.03 bits per heavy atom. The summed E-state index contributed by atoms with van der Waals surface area (Å²) in [6, 6.07) is 28.5. The van der Waals surface area contributed by atoms with Gasteiger partial charge in [-0.05, 0) is 30.2 Å². The van der Waals surface area contributed by atoms with E-state index in [1.165, 1.54) is 6.92 Å². The van der Waals surface area contributed by atoms with Crippen molar-refractivity contribution in [3.63, 3.8) is 0 Å². The fourth-order valence-corrected chi connectivity index (χ4v) is 3.10. The van der Waals surface area contributed by atoms with Crippen LogP contribution in [0.25, 0.3) is 0 Å². The van der Waals surface area contributed by atoms with Gasteiger partial charge in [0.1, 0.15) is 31.3 Å². The van der Waals surface area contributed by atoms with E-state index in [0.717, 1.165) is 11.1 Å². The van der Waals surface area contributed by atoms with E-state index in [1.807, 2.05) is 60.7 Å². The summed E-state index contributed by atoms with van der Waals surface area (Å²) in [7, 11) is 0. The molecule has 0 saturated heterocycles. The molecule has 0 aliphatic carbocycles. The number of hydrogen-bond acceptors (Lipinski definition) is 6. The summed E-state index contributed by atoms with van der Waals surface area (Å²) < 4.78 is 17.7. The van der Waals surface area contributed by atoms with Gasteiger partial charge in [0.25, 0.3) is 5.88 Å². The first-order valence-corrected chi connectivity index (χ1v) is 10.6. The SMILES string of the molecule is CC(=O)c1cccc(OCc2cc(OCc3ccccc3)c(OCc3ccccc3)nn2)c1. The average molecular weight is 440 g/mol. The number of nitrogens with zero attached hydrogens (tertiary/aromatic N) is 2. The van der Waals surface area contributed by atoms with Gasteiger partial charge in [-0.1, -0.05) is 72.8 Å². The Morgan fingerprint density at radius 2 is 1.36 bits per heavy atom. The van der Waals surface area contributed by atoms with Crippen molar-refractivity contribution in [2.75, 3.05) is 0 Å². The monoisotopic (exact) mass is 440 g/mol. The molecule has 6 nitrogen and oxygen atoms in total. The number of hydrogen-bond donors (Lipinski definition) is 0. The molecule has 0 N–H and O–H groups in total. The Labute approximate surface area is 192 Å². The number of rotatable bonds is 10. The number of Topliss-reactive ketones (excluding diaryl/α,β-unsaturated/α-hetero) is 1. The molecule has 0 aliphatic rings. The molecular weight excluding hydrogens is 416 g/mol. The fourth-order valence-electron chi connectivity index (χ4n) is 3.10. The number of carbonyl (C=O) groups excluding carboxylic acids is 1. The van der Waals surface area contributed by atoms with E-state index in [4.69, 9.17) is 14.2 Å². The molecule has 0 amide bonds. The maximum Gasteiger partial charge on any atom is 0.276 e. The molecule has 0 saturated carbocycles. The smallest absolute Gasteiger partial charge is 0.276 e. The van der Waals surface area contributed by atoms with Crippen molar-refractivity contribution in [3.05, 3.63) is 113 Å². The molecule has 0 radical (unpaired) electrons. The van der Waals surface area contributed by atoms with Crippen molar-refractivity contribution in [2.24, 2.45) is 0 Å². The predicted molar refractivity (Wildman–Crippen MR) is 124 cm³/mol. The highest BCUT2D eigenvalue weighted by atomic mass is 16.5. The van der Waals surface area contributed by atoms with E-state index in [0.29, 0.717) is 41.9 Å². The fraction of sp³-hybridized carbons (Fsp3) is 0.148. The summed E-state index contributed by atoms with van der Waals surface area (Å²) in [5.74, 6) is 1.37. The van der Waals surface area contributed by atoms with E-state index in [1.54, 1.807) is 30.3 Å². The molecule has 6 heteroatoms. The van der Waals surface area contributed by atoms with Crippen molar-refractivity contribution < 1.29 is 19.0 Å². The largest absolute Gasteiger partial charge is 0.487 e. The molecule has 0 bridgehead atoms. The molecule has 0 aliphatic heterocycles. The summed E-state index contributed by atoms with van der Waals surface area (Å²) >= 11 is 0. The standard InChI is InChI=1S/C27H24N2O4/c1-20(30)23-13-8-14-25(15-23)31-19-24-16-26(32-17-21-9-4-2-5-10-21)27(29-28-24)33-18-22-11-6-3-7-12-22/h2-16H,17-19H2,1H3. The first-order valence-electron chi connectivity index (χ1n) is 10.6. The minimum atomic E-state index is -0.0169. The molecule has 1 aromatic heterocycles. The van der Waals surface area contributed by atoms with E-state index in [2.05, 4.69) is 10.2 Å². The number of benzene rings is 3. The van der Waals surface area contributed by atoms with Gasteiger partial charge >= 0.3 is 0 Å². The van der Waals surface area contributed by atoms with Crippen LogP contribution in [0.5, 0.6) is 17.4 Å². The van der Waals surface area contributed by atoms with E-state index in [9.17, 15) is 4.79 Å². The van der Waals surface area contributed by atoms with Gasteiger partial charge in [0, 0.05) is 11.6 Å². The van der Waals surface area contributed by atoms with Crippen LogP contribution >= 0.6 is 0 Å². The first kappa shape index (κ1) is 22.0. The van der Waals surface area contributed by atoms with Gasteiger partial charge in [0.2, 0.25) is 0 Å². The zero-order chi connectivity index (χ0) is 22.9. The van der Waals surface area contributed by atoms with Crippen molar-refractivity contribution >= 4 is 5.78 Å². The molecule has 4 rings (SSSR count). The molecule has 4 aromatic rings. The van der Waals surface area contributed by atoms with E-state index < -0.39 is 0 Å². The third-order valence-electron chi connectivity index (χ3n) is 4.86. The van der Waals surface area contributed by atoms with Crippen LogP contribution in [0.1, 0.15) is 34.1 Å². The highest BCUT2D eigenvalue weighted by Crippen LogP contribution is 2.27. The van der Waals surface area contributed by atoms with Crippen LogP contribution in [0.15, 0.2) is 91.0 Å². The van der Waals surface area contributed by atoms with Gasteiger partial charge in [0.15, 0.2) is 11.5 Å². The highest BCUT2D eigenvalue weighted by Gasteiger charge is 2.12. The summed E-state index contributed by atoms with van der Waals surface area (Å²) in [5, 5.41) is 8.47. The molecule has 0 spiro atoms. The minimum Gasteiger partial charge on any atom is -0.487 e. The minimum absolute atomic E-state index is 0.0169. The summed E-state index contributed by atoms with van der Waals surface area (Å²) in [4.78, 5) is 11.6. The van der Waals surface area contributed by atoms with Crippen molar-refractivity contribution in [2.45, 2.75) is 26.7 Å². The predicted octanol–water partition coefficient (Wildman–Crippen LogP) is 5.42. The molecule has 0 fully saturated rings. The molecular formula is C27H24N2O4. The lowest BCUT2D eigenvalue weighted by Gasteiger charge is -2.13. The number of aromatic nitrogens is 2. The Bertz CT molecular complexity index is 1200. The van der Waals surface area contributed by atoms with Crippen LogP contribution in [-0.4, -0.2) is 16.0 Å². The Balaban J connectivity index is 1.49. The van der Waals surface area contributed by atoms with Crippen LogP contribution in [0.2, 0.25) is 0 Å². The molecule has 3 aromatic carbocycles. The second-order valence-electron chi connectivity index (χ2n) is 7.43. The maximum absolute atomic E-state index is 11.6. The van der Waals surface area contributed by atoms with Crippen LogP contribution in [0.3, 0.4) is 0 Å². The number of ether oxygens (including phenoxy) is 3. The van der Waals surface area contributed by atoms with Gasteiger partial charge in [-0.15, -0.1) is 10.2 Å². The van der Waals surface area contributed by atoms with E-state index >= 15 is 0 Å². The van der Waals surface area contributed by atoms with Gasteiger partial charge in [0.05, 0.1) is 0 Å². The second-order valence-corrected chi connectivity index (χ2v) is 7.43. The van der Waals surface area contributed by atoms with Gasteiger partial charge in [-0.3, -0.25) is 4.79 Å². The highest BCUT2D eigenvalue weighted by molar-refractivity contribution is 5.94. The van der Waals surface area contributed by atoms with Gasteiger partial charge in [-0.25, -0.2) is 0 Å². The Morgan fingerprint density at radius 1 is 0.697 bits per heavy atom. The zero-order valence-corrected chi connectivity index (χ0v) is 18.3. The van der Waals surface area contributed by atoms with Crippen LogP contribution < -0.4 is 14.2 Å². The molecule has 0 unspecified atom stereocenters. The van der Waals surface area contributed by atoms with Crippen LogP contribution in [0, 0.1) is 0 Å². The van der Waals surface area contributed by atoms with Crippen molar-refractivity contribution in [1.82, 2.24) is 10.2 Å². The van der Waals surface area contributed by atoms with Gasteiger partial charge in [-0.2, -0.15) is 0 Å². The number of carbonyl (C=O) groups is 1. The van der Waals surface area contributed by atoms with Gasteiger partial charge < -0.3 is 14.2 Å². The molecule has 0 atom stereocenters. The molecule has 33 heavy (non-hydrogen) atoms. The lowest BCUT2D eigenvalue weighted by Crippen LogP contribution is -2.07. The maximum atomic E-state index is 11.6. The lowest BCUT2D eigenvalue weighted by atomic mass is 10.1. The van der Waals surface area contributed by atoms with Crippen molar-refractivity contribution in [3.8, 4) is 17.4 Å². The lowest BCUT2D eigenvalue weighted by molar-refractivity contribution is 0.101. The topological polar surface area (TPSA) is 70.5 Å². The summed E-state index contributed by atoms with van der Waals surface area (Å²) in [6.07, 6.45) is 0. The Kier molecular flexibility index (Phi) is 7.28. The average Bonchev–Trinajstić information content (AvgIpc) is 2.87. The normalized spacial score (nSPS) is 10.5. The van der Waals surface area contributed by atoms with Crippen LogP contribution in [0.4, 0.5) is 0 Å². The quantitative estimate of drug-likeness (QED) is 0.307. The van der Waals surface area contributed by atoms with Crippen molar-refractivity contribution in [1.29, 1.82) is 0 Å². The second kappa shape index (κ2) is 10.9. The molecule has 166 valence electrons. The van der Waals surface area contributed by atoms with E-state index in [-0.39, 0.29) is 12.4 Å². The number of ketones is 1.